The van der Waals surface area contributed by atoms with Gasteiger partial charge >= 0.3 is 5.97 Å². The van der Waals surface area contributed by atoms with Crippen LogP contribution in [0.1, 0.15) is 47.0 Å². The summed E-state index contributed by atoms with van der Waals surface area (Å²) in [5, 5.41) is 16.4. The molecule has 0 heterocycles. The fraction of sp³-hybridized carbons (Fsp3) is 0.684. The summed E-state index contributed by atoms with van der Waals surface area (Å²) in [5.41, 5.74) is 15.7. The van der Waals surface area contributed by atoms with Crippen molar-refractivity contribution in [2.75, 3.05) is 0 Å². The molecule has 0 bridgehead atoms. The summed E-state index contributed by atoms with van der Waals surface area (Å²) in [5.74, 6) is -6.03. The normalized spacial score (nSPS) is 14.7. The number of primary amides is 2. The lowest BCUT2D eigenvalue weighted by molar-refractivity contribution is -0.143. The Morgan fingerprint density at radius 2 is 1.25 bits per heavy atom. The number of carboxylic acids is 1. The van der Waals surface area contributed by atoms with E-state index in [0.29, 0.717) is 0 Å². The Morgan fingerprint density at radius 3 is 1.66 bits per heavy atom. The third-order valence-electron chi connectivity index (χ3n) is 4.55. The SMILES string of the molecule is CC(C)C(NC(=O)C(CCC(N)=O)NC(=O)C(NC(=O)C(N)CC(N)=O)C(C)C)C(=O)O. The molecule has 13 nitrogen and oxygen atoms in total. The molecular weight excluding hydrogens is 424 g/mol. The number of hydrogen-bond donors (Lipinski definition) is 7. The quantitative estimate of drug-likeness (QED) is 0.144. The van der Waals surface area contributed by atoms with Gasteiger partial charge in [-0.25, -0.2) is 4.79 Å². The molecular formula is C19H34N6O7. The molecule has 182 valence electrons. The van der Waals surface area contributed by atoms with E-state index in [1.165, 1.54) is 0 Å². The Labute approximate surface area is 186 Å². The second-order valence-corrected chi connectivity index (χ2v) is 8.14. The maximum Gasteiger partial charge on any atom is 0.326 e. The fourth-order valence-corrected chi connectivity index (χ4v) is 2.69. The van der Waals surface area contributed by atoms with E-state index in [-0.39, 0.29) is 12.8 Å². The molecule has 0 aliphatic rings. The molecule has 0 aromatic heterocycles. The van der Waals surface area contributed by atoms with Gasteiger partial charge in [0, 0.05) is 6.42 Å². The van der Waals surface area contributed by atoms with Gasteiger partial charge in [-0.1, -0.05) is 27.7 Å². The van der Waals surface area contributed by atoms with Crippen LogP contribution in [0, 0.1) is 11.8 Å². The first-order chi connectivity index (χ1) is 14.7. The average molecular weight is 459 g/mol. The molecule has 32 heavy (non-hydrogen) atoms. The van der Waals surface area contributed by atoms with Gasteiger partial charge in [-0.15, -0.1) is 0 Å². The van der Waals surface area contributed by atoms with Crippen molar-refractivity contribution in [3.05, 3.63) is 0 Å². The van der Waals surface area contributed by atoms with Crippen LogP contribution in [0.2, 0.25) is 0 Å². The molecule has 4 atom stereocenters. The van der Waals surface area contributed by atoms with Crippen molar-refractivity contribution < 1.29 is 33.9 Å². The van der Waals surface area contributed by atoms with E-state index in [4.69, 9.17) is 17.2 Å². The van der Waals surface area contributed by atoms with Crippen LogP contribution >= 0.6 is 0 Å². The van der Waals surface area contributed by atoms with Gasteiger partial charge in [0.05, 0.1) is 12.5 Å². The highest BCUT2D eigenvalue weighted by Gasteiger charge is 2.32. The molecule has 10 N–H and O–H groups in total. The fourth-order valence-electron chi connectivity index (χ4n) is 2.69. The first kappa shape index (κ1) is 28.8. The Kier molecular flexibility index (Phi) is 11.9. The van der Waals surface area contributed by atoms with Gasteiger partial charge in [-0.3, -0.25) is 24.0 Å². The third kappa shape index (κ3) is 10.2. The van der Waals surface area contributed by atoms with Gasteiger partial charge in [-0.05, 0) is 18.3 Å². The zero-order valence-corrected chi connectivity index (χ0v) is 18.7. The predicted molar refractivity (Wildman–Crippen MR) is 113 cm³/mol. The minimum absolute atomic E-state index is 0.183. The maximum absolute atomic E-state index is 12.8. The molecule has 5 amide bonds. The van der Waals surface area contributed by atoms with Crippen molar-refractivity contribution in [2.24, 2.45) is 29.0 Å². The van der Waals surface area contributed by atoms with Crippen molar-refractivity contribution in [3.63, 3.8) is 0 Å². The first-order valence-electron chi connectivity index (χ1n) is 10.1. The summed E-state index contributed by atoms with van der Waals surface area (Å²) in [6.07, 6.45) is -0.856. The number of hydrogen-bond acceptors (Lipinski definition) is 7. The number of rotatable bonds is 14. The number of carbonyl (C=O) groups is 6. The zero-order chi connectivity index (χ0) is 25.2. The summed E-state index contributed by atoms with van der Waals surface area (Å²) in [4.78, 5) is 71.2. The number of nitrogens with two attached hydrogens (primary N) is 3. The van der Waals surface area contributed by atoms with Crippen LogP contribution in [-0.2, 0) is 28.8 Å². The molecule has 0 radical (unpaired) electrons. The van der Waals surface area contributed by atoms with Gasteiger partial charge in [-0.2, -0.15) is 0 Å². The van der Waals surface area contributed by atoms with Crippen LogP contribution in [-0.4, -0.2) is 64.8 Å². The largest absolute Gasteiger partial charge is 0.480 e. The second-order valence-electron chi connectivity index (χ2n) is 8.14. The number of carboxylic acid groups (broad SMARTS) is 1. The number of aliphatic carboxylic acids is 1. The standard InChI is InChI=1S/C19H34N6O7/c1-8(2)14(24-16(28)10(20)7-13(22)27)18(30)23-11(5-6-12(21)26)17(29)25-15(9(3)4)19(31)32/h8-11,14-15H,5-7,20H2,1-4H3,(H2,21,26)(H2,22,27)(H,23,30)(H,24,28)(H,25,29)(H,31,32). The van der Waals surface area contributed by atoms with Gasteiger partial charge in [0.2, 0.25) is 29.5 Å². The van der Waals surface area contributed by atoms with E-state index < -0.39 is 77.9 Å². The highest BCUT2D eigenvalue weighted by molar-refractivity contribution is 5.95. The molecule has 0 aliphatic heterocycles. The monoisotopic (exact) mass is 458 g/mol. The Morgan fingerprint density at radius 1 is 0.750 bits per heavy atom. The van der Waals surface area contributed by atoms with Crippen molar-refractivity contribution in [3.8, 4) is 0 Å². The van der Waals surface area contributed by atoms with Crippen LogP contribution in [0.3, 0.4) is 0 Å². The second kappa shape index (κ2) is 13.2. The van der Waals surface area contributed by atoms with Crippen LogP contribution in [0.5, 0.6) is 0 Å². The lowest BCUT2D eigenvalue weighted by atomic mass is 10.0. The molecule has 0 aliphatic carbocycles. The smallest absolute Gasteiger partial charge is 0.326 e. The summed E-state index contributed by atoms with van der Waals surface area (Å²) in [6.45, 7) is 6.44. The highest BCUT2D eigenvalue weighted by atomic mass is 16.4. The first-order valence-corrected chi connectivity index (χ1v) is 10.1. The molecule has 0 spiro atoms. The summed E-state index contributed by atoms with van der Waals surface area (Å²) in [6, 6.07) is -4.90. The van der Waals surface area contributed by atoms with Crippen LogP contribution < -0.4 is 33.2 Å². The van der Waals surface area contributed by atoms with E-state index >= 15 is 0 Å². The molecule has 13 heteroatoms. The van der Waals surface area contributed by atoms with Gasteiger partial charge in [0.1, 0.15) is 18.1 Å². The Hall–Kier alpha value is -3.22. The molecule has 0 saturated heterocycles. The highest BCUT2D eigenvalue weighted by Crippen LogP contribution is 2.08. The van der Waals surface area contributed by atoms with E-state index in [9.17, 15) is 33.9 Å². The third-order valence-corrected chi connectivity index (χ3v) is 4.55. The minimum Gasteiger partial charge on any atom is -0.480 e. The average Bonchev–Trinajstić information content (AvgIpc) is 2.65. The molecule has 0 aromatic rings. The van der Waals surface area contributed by atoms with Crippen LogP contribution in [0.25, 0.3) is 0 Å². The van der Waals surface area contributed by atoms with E-state index in [1.807, 2.05) is 0 Å². The summed E-state index contributed by atoms with van der Waals surface area (Å²) < 4.78 is 0. The van der Waals surface area contributed by atoms with Crippen molar-refractivity contribution in [1.29, 1.82) is 0 Å². The molecule has 0 saturated carbocycles. The van der Waals surface area contributed by atoms with Crippen molar-refractivity contribution in [1.82, 2.24) is 16.0 Å². The molecule has 0 rings (SSSR count). The van der Waals surface area contributed by atoms with Crippen LogP contribution in [0.4, 0.5) is 0 Å². The summed E-state index contributed by atoms with van der Waals surface area (Å²) >= 11 is 0. The van der Waals surface area contributed by atoms with Crippen molar-refractivity contribution >= 4 is 35.5 Å². The number of amides is 5. The minimum atomic E-state index is -1.28. The zero-order valence-electron chi connectivity index (χ0n) is 18.7. The Bertz CT molecular complexity index is 725. The topological polar surface area (TPSA) is 237 Å². The maximum atomic E-state index is 12.8. The number of nitrogens with one attached hydrogen (secondary N) is 3. The van der Waals surface area contributed by atoms with Crippen LogP contribution in [0.15, 0.2) is 0 Å². The molecule has 0 fully saturated rings. The van der Waals surface area contributed by atoms with E-state index in [0.717, 1.165) is 0 Å². The van der Waals surface area contributed by atoms with Crippen molar-refractivity contribution in [2.45, 2.75) is 71.1 Å². The number of carbonyl (C=O) groups excluding carboxylic acids is 5. The van der Waals surface area contributed by atoms with Gasteiger partial charge < -0.3 is 38.3 Å². The lowest BCUT2D eigenvalue weighted by Gasteiger charge is -2.27. The summed E-state index contributed by atoms with van der Waals surface area (Å²) in [7, 11) is 0. The molecule has 4 unspecified atom stereocenters. The van der Waals surface area contributed by atoms with Gasteiger partial charge in [0.15, 0.2) is 0 Å². The van der Waals surface area contributed by atoms with Gasteiger partial charge in [0.25, 0.3) is 0 Å². The molecule has 0 aromatic carbocycles. The van der Waals surface area contributed by atoms with E-state index in [1.54, 1.807) is 27.7 Å². The lowest BCUT2D eigenvalue weighted by Crippen LogP contribution is -2.59. The predicted octanol–water partition coefficient (Wildman–Crippen LogP) is -2.69. The van der Waals surface area contributed by atoms with E-state index in [2.05, 4.69) is 16.0 Å². The Balaban J connectivity index is 5.50.